The molecule has 1 aromatic rings. The van der Waals surface area contributed by atoms with Gasteiger partial charge < -0.3 is 0 Å². The monoisotopic (exact) mass is 178 g/mol. The lowest BCUT2D eigenvalue weighted by molar-refractivity contribution is 0.648. The zero-order valence-corrected chi connectivity index (χ0v) is 9.72. The maximum Gasteiger partial charge on any atom is 0.0603 e. The van der Waals surface area contributed by atoms with Gasteiger partial charge in [0.05, 0.1) is 9.52 Å². The summed E-state index contributed by atoms with van der Waals surface area (Å²) in [6.07, 6.45) is 1.30. The minimum Gasteiger partial charge on any atom is -0.0664 e. The van der Waals surface area contributed by atoms with Crippen LogP contribution in [0.15, 0.2) is 30.3 Å². The first kappa shape index (κ1) is 9.52. The molecule has 66 valence electrons. The van der Waals surface area contributed by atoms with Gasteiger partial charge in [-0.3, -0.25) is 0 Å². The van der Waals surface area contributed by atoms with E-state index in [9.17, 15) is 0 Å². The van der Waals surface area contributed by atoms with Gasteiger partial charge in [-0.2, -0.15) is 0 Å². The maximum absolute atomic E-state index is 2.38. The van der Waals surface area contributed by atoms with E-state index in [0.29, 0.717) is 5.04 Å². The third-order valence-corrected chi connectivity index (χ3v) is 4.82. The highest BCUT2D eigenvalue weighted by molar-refractivity contribution is 6.56. The summed E-state index contributed by atoms with van der Waals surface area (Å²) in [6, 6.07) is 10.9. The van der Waals surface area contributed by atoms with Gasteiger partial charge in [-0.15, -0.1) is 0 Å². The second-order valence-electron chi connectivity index (χ2n) is 4.18. The van der Waals surface area contributed by atoms with Gasteiger partial charge in [0, 0.05) is 0 Å². The summed E-state index contributed by atoms with van der Waals surface area (Å²) in [7, 11) is -0.0835. The van der Waals surface area contributed by atoms with Crippen LogP contribution in [-0.4, -0.2) is 9.52 Å². The second-order valence-corrected chi connectivity index (χ2v) is 7.26. The highest BCUT2D eigenvalue weighted by atomic mass is 28.2. The van der Waals surface area contributed by atoms with Gasteiger partial charge in [0.15, 0.2) is 0 Å². The van der Waals surface area contributed by atoms with E-state index in [0.717, 1.165) is 0 Å². The lowest BCUT2D eigenvalue weighted by atomic mass is 10.1. The van der Waals surface area contributed by atoms with Crippen molar-refractivity contribution in [1.82, 2.24) is 0 Å². The topological polar surface area (TPSA) is 0 Å². The molecule has 0 aromatic heterocycles. The highest BCUT2D eigenvalue weighted by Gasteiger charge is 2.15. The Bertz CT molecular complexity index is 226. The Kier molecular flexibility index (Phi) is 3.10. The fourth-order valence-electron chi connectivity index (χ4n) is 1.27. The molecule has 0 aliphatic rings. The second kappa shape index (κ2) is 3.90. The minimum atomic E-state index is -0.0835. The summed E-state index contributed by atoms with van der Waals surface area (Å²) in [4.78, 5) is 0. The molecule has 0 N–H and O–H groups in total. The summed E-state index contributed by atoms with van der Waals surface area (Å²) < 4.78 is 0. The van der Waals surface area contributed by atoms with Crippen molar-refractivity contribution < 1.29 is 0 Å². The van der Waals surface area contributed by atoms with Crippen LogP contribution in [0.25, 0.3) is 0 Å². The number of hydrogen-bond acceptors (Lipinski definition) is 0. The van der Waals surface area contributed by atoms with Crippen molar-refractivity contribution >= 4 is 14.7 Å². The van der Waals surface area contributed by atoms with E-state index in [4.69, 9.17) is 0 Å². The molecule has 0 heterocycles. The van der Waals surface area contributed by atoms with E-state index in [-0.39, 0.29) is 9.52 Å². The predicted octanol–water partition coefficient (Wildman–Crippen LogP) is 2.09. The van der Waals surface area contributed by atoms with Crippen molar-refractivity contribution in [3.63, 3.8) is 0 Å². The first-order chi connectivity index (χ1) is 5.64. The van der Waals surface area contributed by atoms with Gasteiger partial charge in [0.2, 0.25) is 0 Å². The molecule has 0 fully saturated rings. The van der Waals surface area contributed by atoms with Crippen LogP contribution in [-0.2, 0) is 0 Å². The van der Waals surface area contributed by atoms with Crippen LogP contribution in [0.3, 0.4) is 0 Å². The zero-order chi connectivity index (χ0) is 9.03. The molecular weight excluding hydrogens is 160 g/mol. The first-order valence-corrected chi connectivity index (χ1v) is 6.09. The van der Waals surface area contributed by atoms with Crippen molar-refractivity contribution in [2.75, 3.05) is 0 Å². The van der Waals surface area contributed by atoms with Crippen LogP contribution in [0.5, 0.6) is 0 Å². The molecule has 1 rings (SSSR count). The summed E-state index contributed by atoms with van der Waals surface area (Å²) >= 11 is 0. The third-order valence-electron chi connectivity index (χ3n) is 2.48. The largest absolute Gasteiger partial charge is 0.0664 e. The van der Waals surface area contributed by atoms with Gasteiger partial charge in [-0.1, -0.05) is 62.7 Å². The quantitative estimate of drug-likeness (QED) is 0.622. The maximum atomic E-state index is 2.38. The fraction of sp³-hybridized carbons (Fsp3) is 0.455. The van der Waals surface area contributed by atoms with E-state index in [1.165, 1.54) is 6.42 Å². The molecule has 0 saturated carbocycles. The van der Waals surface area contributed by atoms with E-state index >= 15 is 0 Å². The Morgan fingerprint density at radius 3 is 2.25 bits per heavy atom. The smallest absolute Gasteiger partial charge is 0.0603 e. The standard InChI is InChI=1S/C11H18Si/c1-4-11(2,3)12-10-8-6-5-7-9-10/h5-9H,4,12H2,1-3H3. The van der Waals surface area contributed by atoms with Crippen molar-refractivity contribution in [2.45, 2.75) is 32.2 Å². The molecule has 0 bridgehead atoms. The van der Waals surface area contributed by atoms with Crippen LogP contribution in [0.2, 0.25) is 5.04 Å². The molecule has 0 nitrogen and oxygen atoms in total. The van der Waals surface area contributed by atoms with E-state index in [1.54, 1.807) is 5.19 Å². The Balaban J connectivity index is 2.64. The molecule has 0 unspecified atom stereocenters. The lowest BCUT2D eigenvalue weighted by Crippen LogP contribution is -2.24. The van der Waals surface area contributed by atoms with Crippen molar-refractivity contribution in [3.05, 3.63) is 30.3 Å². The van der Waals surface area contributed by atoms with E-state index in [2.05, 4.69) is 51.1 Å². The molecule has 0 radical (unpaired) electrons. The van der Waals surface area contributed by atoms with Crippen molar-refractivity contribution in [2.24, 2.45) is 0 Å². The SMILES string of the molecule is CCC(C)(C)[SiH2]c1ccccc1. The molecule has 12 heavy (non-hydrogen) atoms. The molecular formula is C11H18Si. The number of rotatable bonds is 3. The summed E-state index contributed by atoms with van der Waals surface area (Å²) in [5.74, 6) is 0. The normalized spacial score (nSPS) is 12.6. The Labute approximate surface area is 77.8 Å². The molecule has 0 aliphatic carbocycles. The van der Waals surface area contributed by atoms with Gasteiger partial charge in [0.25, 0.3) is 0 Å². The van der Waals surface area contributed by atoms with E-state index < -0.39 is 0 Å². The van der Waals surface area contributed by atoms with Gasteiger partial charge in [0.1, 0.15) is 0 Å². The highest BCUT2D eigenvalue weighted by Crippen LogP contribution is 2.25. The Morgan fingerprint density at radius 2 is 1.75 bits per heavy atom. The van der Waals surface area contributed by atoms with Crippen LogP contribution in [0, 0.1) is 0 Å². The van der Waals surface area contributed by atoms with Crippen LogP contribution >= 0.6 is 0 Å². The Hall–Kier alpha value is -0.563. The molecule has 0 saturated heterocycles. The average molecular weight is 178 g/mol. The van der Waals surface area contributed by atoms with Crippen molar-refractivity contribution in [3.8, 4) is 0 Å². The molecule has 1 heteroatoms. The molecule has 0 spiro atoms. The molecule has 0 atom stereocenters. The molecule has 1 aromatic carbocycles. The predicted molar refractivity (Wildman–Crippen MR) is 59.0 cm³/mol. The molecule has 0 amide bonds. The third kappa shape index (κ3) is 2.82. The van der Waals surface area contributed by atoms with Crippen LogP contribution < -0.4 is 5.19 Å². The summed E-state index contributed by atoms with van der Waals surface area (Å²) in [5.41, 5.74) is 0. The summed E-state index contributed by atoms with van der Waals surface area (Å²) in [6.45, 7) is 7.05. The zero-order valence-electron chi connectivity index (χ0n) is 8.30. The van der Waals surface area contributed by atoms with Crippen LogP contribution in [0.1, 0.15) is 27.2 Å². The first-order valence-electron chi connectivity index (χ1n) is 4.68. The number of hydrogen-bond donors (Lipinski definition) is 0. The van der Waals surface area contributed by atoms with Gasteiger partial charge >= 0.3 is 0 Å². The Morgan fingerprint density at radius 1 is 1.17 bits per heavy atom. The lowest BCUT2D eigenvalue weighted by Gasteiger charge is -2.21. The van der Waals surface area contributed by atoms with E-state index in [1.807, 2.05) is 0 Å². The van der Waals surface area contributed by atoms with Gasteiger partial charge in [-0.05, 0) is 5.04 Å². The average Bonchev–Trinajstić information content (AvgIpc) is 2.06. The summed E-state index contributed by atoms with van der Waals surface area (Å²) in [5, 5.41) is 2.17. The van der Waals surface area contributed by atoms with Gasteiger partial charge in [-0.25, -0.2) is 0 Å². The molecule has 0 aliphatic heterocycles. The van der Waals surface area contributed by atoms with Crippen LogP contribution in [0.4, 0.5) is 0 Å². The number of benzene rings is 1. The van der Waals surface area contributed by atoms with Crippen molar-refractivity contribution in [1.29, 1.82) is 0 Å². The fourth-order valence-corrected chi connectivity index (χ4v) is 3.14. The minimum absolute atomic E-state index is 0.0835.